The van der Waals surface area contributed by atoms with Crippen LogP contribution in [0.15, 0.2) is 66.1 Å². The van der Waals surface area contributed by atoms with Gasteiger partial charge in [0.15, 0.2) is 6.20 Å². The van der Waals surface area contributed by atoms with Crippen molar-refractivity contribution in [3.63, 3.8) is 0 Å². The Labute approximate surface area is 106 Å². The van der Waals surface area contributed by atoms with Gasteiger partial charge in [0.1, 0.15) is 12.7 Å². The Kier molecular flexibility index (Phi) is 2.65. The second-order valence-electron chi connectivity index (χ2n) is 4.20. The van der Waals surface area contributed by atoms with Crippen molar-refractivity contribution in [2.75, 3.05) is 5.01 Å². The normalized spacial score (nSPS) is 14.2. The molecule has 0 radical (unpaired) electrons. The Morgan fingerprint density at radius 1 is 1.11 bits per heavy atom. The second kappa shape index (κ2) is 4.45. The van der Waals surface area contributed by atoms with Gasteiger partial charge in [-0.15, -0.1) is 0 Å². The summed E-state index contributed by atoms with van der Waals surface area (Å²) in [6.07, 6.45) is 11.7. The fourth-order valence-electron chi connectivity index (χ4n) is 2.07. The Morgan fingerprint density at radius 2 is 2.00 bits per heavy atom. The van der Waals surface area contributed by atoms with Crippen molar-refractivity contribution in [2.24, 2.45) is 12.1 Å². The molecule has 0 bridgehead atoms. The predicted octanol–water partition coefficient (Wildman–Crippen LogP) is 2.54. The van der Waals surface area contributed by atoms with Crippen LogP contribution in [0.1, 0.15) is 0 Å². The smallest absolute Gasteiger partial charge is 0.212 e. The number of aryl methyl sites for hydroxylation is 1. The first kappa shape index (κ1) is 10.7. The van der Waals surface area contributed by atoms with Crippen molar-refractivity contribution in [1.82, 2.24) is 0 Å². The molecular weight excluding hydrogens is 222 g/mol. The monoisotopic (exact) mass is 236 g/mol. The van der Waals surface area contributed by atoms with Crippen LogP contribution < -0.4 is 9.58 Å². The van der Waals surface area contributed by atoms with Crippen LogP contribution in [0.25, 0.3) is 10.9 Å². The molecule has 0 saturated heterocycles. The van der Waals surface area contributed by atoms with E-state index < -0.39 is 0 Å². The maximum atomic E-state index is 4.36. The standard InChI is InChI=1S/C15H14N3/c1-17-12-14(18-10-6-2-5-9-16-18)11-13-7-3-4-8-15(13)17/h2-12H,1H3/q+1. The van der Waals surface area contributed by atoms with Crippen LogP contribution in [-0.4, -0.2) is 6.21 Å². The third-order valence-corrected chi connectivity index (χ3v) is 2.94. The summed E-state index contributed by atoms with van der Waals surface area (Å²) in [6, 6.07) is 10.5. The highest BCUT2D eigenvalue weighted by molar-refractivity contribution is 5.80. The van der Waals surface area contributed by atoms with E-state index in [0.717, 1.165) is 5.69 Å². The fourth-order valence-corrected chi connectivity index (χ4v) is 2.07. The van der Waals surface area contributed by atoms with E-state index in [2.05, 4.69) is 53.2 Å². The third kappa shape index (κ3) is 1.91. The maximum Gasteiger partial charge on any atom is 0.212 e. The summed E-state index contributed by atoms with van der Waals surface area (Å²) in [7, 11) is 2.05. The highest BCUT2D eigenvalue weighted by atomic mass is 15.4. The molecule has 2 aromatic rings. The second-order valence-corrected chi connectivity index (χ2v) is 4.20. The number of nitrogens with zero attached hydrogens (tertiary/aromatic N) is 3. The van der Waals surface area contributed by atoms with Crippen LogP contribution in [0, 0.1) is 0 Å². The molecule has 0 fully saturated rings. The first-order valence-corrected chi connectivity index (χ1v) is 5.90. The summed E-state index contributed by atoms with van der Waals surface area (Å²) < 4.78 is 2.12. The van der Waals surface area contributed by atoms with Crippen LogP contribution >= 0.6 is 0 Å². The quantitative estimate of drug-likeness (QED) is 0.696. The van der Waals surface area contributed by atoms with Crippen molar-refractivity contribution < 1.29 is 4.57 Å². The first-order valence-electron chi connectivity index (χ1n) is 5.90. The minimum absolute atomic E-state index is 1.05. The van der Waals surface area contributed by atoms with Crippen molar-refractivity contribution >= 4 is 22.8 Å². The highest BCUT2D eigenvalue weighted by Crippen LogP contribution is 2.19. The molecule has 2 heterocycles. The summed E-state index contributed by atoms with van der Waals surface area (Å²) >= 11 is 0. The van der Waals surface area contributed by atoms with Gasteiger partial charge in [-0.3, -0.25) is 0 Å². The van der Waals surface area contributed by atoms with Gasteiger partial charge in [-0.05, 0) is 24.3 Å². The highest BCUT2D eigenvalue weighted by Gasteiger charge is 2.10. The summed E-state index contributed by atoms with van der Waals surface area (Å²) in [5.74, 6) is 0. The van der Waals surface area contributed by atoms with E-state index in [1.165, 1.54) is 10.9 Å². The zero-order valence-electron chi connectivity index (χ0n) is 10.2. The lowest BCUT2D eigenvalue weighted by atomic mass is 10.2. The molecule has 0 aliphatic carbocycles. The van der Waals surface area contributed by atoms with E-state index in [1.807, 2.05) is 29.4 Å². The molecule has 3 rings (SSSR count). The van der Waals surface area contributed by atoms with E-state index in [4.69, 9.17) is 0 Å². The van der Waals surface area contributed by atoms with Gasteiger partial charge in [-0.1, -0.05) is 18.2 Å². The summed E-state index contributed by atoms with van der Waals surface area (Å²) in [5.41, 5.74) is 2.26. The lowest BCUT2D eigenvalue weighted by Gasteiger charge is -2.12. The molecule has 1 aliphatic rings. The van der Waals surface area contributed by atoms with Gasteiger partial charge in [0.2, 0.25) is 5.52 Å². The number of hydrogen-bond acceptors (Lipinski definition) is 2. The molecular formula is C15H14N3+. The number of hydrazone groups is 1. The first-order chi connectivity index (χ1) is 8.84. The molecule has 0 amide bonds. The zero-order chi connectivity index (χ0) is 12.4. The number of allylic oxidation sites excluding steroid dienone is 3. The van der Waals surface area contributed by atoms with Crippen LogP contribution in [0.4, 0.5) is 5.69 Å². The van der Waals surface area contributed by atoms with Crippen molar-refractivity contribution in [3.8, 4) is 0 Å². The topological polar surface area (TPSA) is 19.5 Å². The van der Waals surface area contributed by atoms with Crippen LogP contribution in [0.5, 0.6) is 0 Å². The fraction of sp³-hybridized carbons (Fsp3) is 0.0667. The number of aromatic nitrogens is 1. The Hall–Kier alpha value is -2.42. The Morgan fingerprint density at radius 3 is 2.94 bits per heavy atom. The third-order valence-electron chi connectivity index (χ3n) is 2.94. The molecule has 18 heavy (non-hydrogen) atoms. The zero-order valence-corrected chi connectivity index (χ0v) is 10.2. The molecule has 0 atom stereocenters. The molecule has 0 unspecified atom stereocenters. The van der Waals surface area contributed by atoms with Gasteiger partial charge in [-0.25, -0.2) is 5.01 Å². The largest absolute Gasteiger partial charge is 0.235 e. The molecule has 1 aromatic carbocycles. The minimum atomic E-state index is 1.05. The number of anilines is 1. The number of rotatable bonds is 1. The summed E-state index contributed by atoms with van der Waals surface area (Å²) in [6.45, 7) is 0. The predicted molar refractivity (Wildman–Crippen MR) is 74.4 cm³/mol. The summed E-state index contributed by atoms with van der Waals surface area (Å²) in [5, 5.41) is 7.44. The average Bonchev–Trinajstić information content (AvgIpc) is 2.67. The van der Waals surface area contributed by atoms with Crippen LogP contribution in [-0.2, 0) is 7.05 Å². The lowest BCUT2D eigenvalue weighted by Crippen LogP contribution is -2.29. The van der Waals surface area contributed by atoms with Gasteiger partial charge in [-0.2, -0.15) is 9.67 Å². The molecule has 1 aromatic heterocycles. The van der Waals surface area contributed by atoms with E-state index in [1.54, 1.807) is 6.21 Å². The molecule has 88 valence electrons. The van der Waals surface area contributed by atoms with E-state index in [9.17, 15) is 0 Å². The SMILES string of the molecule is C[n+]1cc(N2C=CC=CC=N2)cc2ccccc21. The Bertz CT molecular complexity index is 652. The van der Waals surface area contributed by atoms with E-state index in [0.29, 0.717) is 0 Å². The Balaban J connectivity index is 2.13. The number of benzene rings is 1. The van der Waals surface area contributed by atoms with Gasteiger partial charge in [0.25, 0.3) is 0 Å². The van der Waals surface area contributed by atoms with Crippen LogP contribution in [0.2, 0.25) is 0 Å². The molecule has 3 nitrogen and oxygen atoms in total. The lowest BCUT2D eigenvalue weighted by molar-refractivity contribution is -0.644. The van der Waals surface area contributed by atoms with Gasteiger partial charge >= 0.3 is 0 Å². The van der Waals surface area contributed by atoms with E-state index in [-0.39, 0.29) is 0 Å². The number of hydrogen-bond donors (Lipinski definition) is 0. The number of para-hydroxylation sites is 1. The molecule has 1 aliphatic heterocycles. The summed E-state index contributed by atoms with van der Waals surface area (Å²) in [4.78, 5) is 0. The van der Waals surface area contributed by atoms with Gasteiger partial charge in [0, 0.05) is 23.9 Å². The van der Waals surface area contributed by atoms with Crippen molar-refractivity contribution in [1.29, 1.82) is 0 Å². The maximum absolute atomic E-state index is 4.36. The van der Waals surface area contributed by atoms with Gasteiger partial charge in [0.05, 0.1) is 0 Å². The van der Waals surface area contributed by atoms with Gasteiger partial charge < -0.3 is 0 Å². The van der Waals surface area contributed by atoms with Crippen LogP contribution in [0.3, 0.4) is 0 Å². The van der Waals surface area contributed by atoms with E-state index >= 15 is 0 Å². The van der Waals surface area contributed by atoms with Crippen molar-refractivity contribution in [3.05, 3.63) is 61.0 Å². The molecule has 0 saturated carbocycles. The van der Waals surface area contributed by atoms with Crippen molar-refractivity contribution in [2.45, 2.75) is 0 Å². The number of fused-ring (bicyclic) bond motifs is 1. The molecule has 0 spiro atoms. The molecule has 3 heteroatoms. The molecule has 0 N–H and O–H groups in total. The average molecular weight is 236 g/mol. The number of pyridine rings is 1. The minimum Gasteiger partial charge on any atom is -0.235 e.